The fourth-order valence-corrected chi connectivity index (χ4v) is 3.22. The average molecular weight is 388 g/mol. The number of rotatable bonds is 2. The molecule has 0 unspecified atom stereocenters. The van der Waals surface area contributed by atoms with Crippen LogP contribution in [0.25, 0.3) is 0 Å². The number of anilines is 2. The molecular formula is C15H13BrCl2N2O. The number of nitrogens with one attached hydrogen (secondary N) is 2. The van der Waals surface area contributed by atoms with E-state index in [9.17, 15) is 4.79 Å². The number of hydrogen-bond acceptors (Lipinski definition) is 1. The molecule has 0 bridgehead atoms. The van der Waals surface area contributed by atoms with Crippen molar-refractivity contribution in [3.63, 3.8) is 0 Å². The molecule has 21 heavy (non-hydrogen) atoms. The molecule has 0 fully saturated rings. The first-order chi connectivity index (χ1) is 9.85. The zero-order valence-electron chi connectivity index (χ0n) is 11.4. The van der Waals surface area contributed by atoms with Gasteiger partial charge in [-0.1, -0.05) is 39.1 Å². The zero-order valence-corrected chi connectivity index (χ0v) is 14.5. The number of hydrogen-bond donors (Lipinski definition) is 2. The van der Waals surface area contributed by atoms with Crippen LogP contribution in [0.5, 0.6) is 0 Å². The van der Waals surface area contributed by atoms with E-state index in [0.29, 0.717) is 15.7 Å². The molecule has 2 amide bonds. The molecule has 0 heterocycles. The van der Waals surface area contributed by atoms with Crippen molar-refractivity contribution < 1.29 is 4.79 Å². The maximum Gasteiger partial charge on any atom is 0.323 e. The van der Waals surface area contributed by atoms with Gasteiger partial charge in [-0.3, -0.25) is 0 Å². The molecule has 2 aromatic rings. The van der Waals surface area contributed by atoms with E-state index in [1.165, 1.54) is 0 Å². The summed E-state index contributed by atoms with van der Waals surface area (Å²) in [5.41, 5.74) is 3.27. The Morgan fingerprint density at radius 1 is 0.952 bits per heavy atom. The Balaban J connectivity index is 2.15. The third-order valence-corrected chi connectivity index (χ3v) is 3.75. The second-order valence-corrected chi connectivity index (χ2v) is 6.44. The summed E-state index contributed by atoms with van der Waals surface area (Å²) in [5.74, 6) is 0. The van der Waals surface area contributed by atoms with Gasteiger partial charge < -0.3 is 10.6 Å². The summed E-state index contributed by atoms with van der Waals surface area (Å²) in [5, 5.41) is 6.48. The maximum absolute atomic E-state index is 12.1. The van der Waals surface area contributed by atoms with Gasteiger partial charge in [-0.2, -0.15) is 0 Å². The average Bonchev–Trinajstić information content (AvgIpc) is 2.32. The SMILES string of the molecule is Cc1cc(Br)cc(C)c1NC(=O)Nc1cc(Cl)cc(Cl)c1. The van der Waals surface area contributed by atoms with Crippen molar-refractivity contribution in [3.8, 4) is 0 Å². The van der Waals surface area contributed by atoms with Gasteiger partial charge >= 0.3 is 6.03 Å². The minimum absolute atomic E-state index is 0.346. The summed E-state index contributed by atoms with van der Waals surface area (Å²) in [4.78, 5) is 12.1. The summed E-state index contributed by atoms with van der Waals surface area (Å²) < 4.78 is 0.977. The Morgan fingerprint density at radius 3 is 2.00 bits per heavy atom. The summed E-state index contributed by atoms with van der Waals surface area (Å²) in [6, 6.07) is 8.41. The first-order valence-electron chi connectivity index (χ1n) is 6.16. The molecule has 0 aliphatic rings. The molecule has 2 rings (SSSR count). The van der Waals surface area contributed by atoms with Crippen LogP contribution in [0.1, 0.15) is 11.1 Å². The van der Waals surface area contributed by atoms with Crippen LogP contribution in [0.4, 0.5) is 16.2 Å². The predicted octanol–water partition coefficient (Wildman–Crippen LogP) is 6.02. The Labute approximate surface area is 141 Å². The normalized spacial score (nSPS) is 10.3. The van der Waals surface area contributed by atoms with Gasteiger partial charge in [0.2, 0.25) is 0 Å². The van der Waals surface area contributed by atoms with Gasteiger partial charge in [0, 0.05) is 25.9 Å². The van der Waals surface area contributed by atoms with Crippen LogP contribution in [0.2, 0.25) is 10.0 Å². The van der Waals surface area contributed by atoms with Gasteiger partial charge in [-0.05, 0) is 55.3 Å². The van der Waals surface area contributed by atoms with E-state index in [1.54, 1.807) is 18.2 Å². The summed E-state index contributed by atoms with van der Waals surface area (Å²) >= 11 is 15.2. The molecule has 0 saturated heterocycles. The fourth-order valence-electron chi connectivity index (χ4n) is 2.01. The van der Waals surface area contributed by atoms with Gasteiger partial charge in [-0.15, -0.1) is 0 Å². The van der Waals surface area contributed by atoms with Crippen molar-refractivity contribution >= 4 is 56.5 Å². The topological polar surface area (TPSA) is 41.1 Å². The highest BCUT2D eigenvalue weighted by Crippen LogP contribution is 2.26. The Bertz CT molecular complexity index is 661. The van der Waals surface area contributed by atoms with Crippen molar-refractivity contribution in [2.24, 2.45) is 0 Å². The minimum Gasteiger partial charge on any atom is -0.308 e. The monoisotopic (exact) mass is 386 g/mol. The van der Waals surface area contributed by atoms with Gasteiger partial charge in [0.15, 0.2) is 0 Å². The minimum atomic E-state index is -0.346. The van der Waals surface area contributed by atoms with E-state index in [1.807, 2.05) is 26.0 Å². The lowest BCUT2D eigenvalue weighted by Gasteiger charge is -2.13. The molecule has 6 heteroatoms. The largest absolute Gasteiger partial charge is 0.323 e. The van der Waals surface area contributed by atoms with Crippen LogP contribution in [0.15, 0.2) is 34.8 Å². The Hall–Kier alpha value is -1.23. The molecule has 0 aliphatic heterocycles. The summed E-state index contributed by atoms with van der Waals surface area (Å²) in [7, 11) is 0. The standard InChI is InChI=1S/C15H13BrCl2N2O/c1-8-3-10(16)4-9(2)14(8)20-15(21)19-13-6-11(17)5-12(18)7-13/h3-7H,1-2H3,(H2,19,20,21). The maximum atomic E-state index is 12.1. The van der Waals surface area contributed by atoms with Crippen LogP contribution >= 0.6 is 39.1 Å². The molecule has 0 atom stereocenters. The lowest BCUT2D eigenvalue weighted by molar-refractivity contribution is 0.262. The Kier molecular flexibility index (Phi) is 5.14. The molecule has 0 aliphatic carbocycles. The fraction of sp³-hybridized carbons (Fsp3) is 0.133. The van der Waals surface area contributed by atoms with Crippen molar-refractivity contribution in [1.82, 2.24) is 0 Å². The number of aryl methyl sites for hydroxylation is 2. The van der Waals surface area contributed by atoms with E-state index in [4.69, 9.17) is 23.2 Å². The van der Waals surface area contributed by atoms with E-state index in [-0.39, 0.29) is 6.03 Å². The lowest BCUT2D eigenvalue weighted by atomic mass is 10.1. The molecule has 0 radical (unpaired) electrons. The van der Waals surface area contributed by atoms with Crippen molar-refractivity contribution in [3.05, 3.63) is 56.0 Å². The molecule has 3 nitrogen and oxygen atoms in total. The highest BCUT2D eigenvalue weighted by molar-refractivity contribution is 9.10. The second kappa shape index (κ2) is 6.69. The third-order valence-electron chi connectivity index (χ3n) is 2.86. The van der Waals surface area contributed by atoms with Crippen molar-refractivity contribution in [1.29, 1.82) is 0 Å². The lowest BCUT2D eigenvalue weighted by Crippen LogP contribution is -2.20. The predicted molar refractivity (Wildman–Crippen MR) is 92.7 cm³/mol. The van der Waals surface area contributed by atoms with Crippen LogP contribution in [-0.4, -0.2) is 6.03 Å². The molecule has 0 saturated carbocycles. The highest BCUT2D eigenvalue weighted by atomic mass is 79.9. The number of carbonyl (C=O) groups excluding carboxylic acids is 1. The molecule has 0 aromatic heterocycles. The first-order valence-corrected chi connectivity index (χ1v) is 7.71. The van der Waals surface area contributed by atoms with Crippen LogP contribution in [-0.2, 0) is 0 Å². The first kappa shape index (κ1) is 16.1. The number of urea groups is 1. The highest BCUT2D eigenvalue weighted by Gasteiger charge is 2.09. The van der Waals surface area contributed by atoms with Gasteiger partial charge in [0.25, 0.3) is 0 Å². The quantitative estimate of drug-likeness (QED) is 0.650. The van der Waals surface area contributed by atoms with Gasteiger partial charge in [0.1, 0.15) is 0 Å². The molecule has 2 N–H and O–H groups in total. The molecule has 110 valence electrons. The van der Waals surface area contributed by atoms with Gasteiger partial charge in [-0.25, -0.2) is 4.79 Å². The zero-order chi connectivity index (χ0) is 15.6. The number of benzene rings is 2. The number of halogens is 3. The molecule has 2 aromatic carbocycles. The van der Waals surface area contributed by atoms with Crippen molar-refractivity contribution in [2.45, 2.75) is 13.8 Å². The Morgan fingerprint density at radius 2 is 1.48 bits per heavy atom. The second-order valence-electron chi connectivity index (χ2n) is 4.65. The van der Waals surface area contributed by atoms with Crippen LogP contribution < -0.4 is 10.6 Å². The van der Waals surface area contributed by atoms with E-state index in [2.05, 4.69) is 26.6 Å². The smallest absolute Gasteiger partial charge is 0.308 e. The number of amides is 2. The summed E-state index contributed by atoms with van der Waals surface area (Å²) in [6.07, 6.45) is 0. The van der Waals surface area contributed by atoms with E-state index >= 15 is 0 Å². The number of carbonyl (C=O) groups is 1. The molecule has 0 spiro atoms. The third kappa shape index (κ3) is 4.37. The van der Waals surface area contributed by atoms with Crippen LogP contribution in [0.3, 0.4) is 0 Å². The van der Waals surface area contributed by atoms with Gasteiger partial charge in [0.05, 0.1) is 0 Å². The van der Waals surface area contributed by atoms with E-state index < -0.39 is 0 Å². The van der Waals surface area contributed by atoms with E-state index in [0.717, 1.165) is 21.3 Å². The van der Waals surface area contributed by atoms with Crippen molar-refractivity contribution in [2.75, 3.05) is 10.6 Å². The molecular weight excluding hydrogens is 375 g/mol. The van der Waals surface area contributed by atoms with Crippen LogP contribution in [0, 0.1) is 13.8 Å². The summed E-state index contributed by atoms with van der Waals surface area (Å²) in [6.45, 7) is 3.87.